The van der Waals surface area contributed by atoms with Gasteiger partial charge in [-0.1, -0.05) is 35.0 Å². The zero-order chi connectivity index (χ0) is 17.7. The van der Waals surface area contributed by atoms with Gasteiger partial charge in [0.2, 0.25) is 0 Å². The molecular weight excluding hydrogens is 368 g/mol. The van der Waals surface area contributed by atoms with E-state index in [0.717, 1.165) is 21.2 Å². The van der Waals surface area contributed by atoms with Crippen LogP contribution < -0.4 is 0 Å². The fourth-order valence-corrected chi connectivity index (χ4v) is 3.62. The number of carbonyl (C=O) groups is 1. The normalized spacial score (nSPS) is 14.4. The molecule has 3 unspecified atom stereocenters. The first-order chi connectivity index (χ1) is 11.5. The molecule has 0 bridgehead atoms. The van der Waals surface area contributed by atoms with Gasteiger partial charge < -0.3 is 5.11 Å². The molecule has 2 aromatic rings. The van der Waals surface area contributed by atoms with E-state index in [-0.39, 0.29) is 0 Å². The van der Waals surface area contributed by atoms with Crippen molar-refractivity contribution in [1.82, 2.24) is 4.98 Å². The molecule has 2 rings (SSSR count). The minimum atomic E-state index is -0.888. The summed E-state index contributed by atoms with van der Waals surface area (Å²) < 4.78 is 0.934. The third kappa shape index (κ3) is 3.82. The topological polar surface area (TPSA) is 74.0 Å². The van der Waals surface area contributed by atoms with Crippen LogP contribution in [0.1, 0.15) is 41.9 Å². The summed E-state index contributed by atoms with van der Waals surface area (Å²) >= 11 is 3.43. The van der Waals surface area contributed by atoms with Crippen LogP contribution in [0.3, 0.4) is 0 Å². The van der Waals surface area contributed by atoms with Gasteiger partial charge in [0.25, 0.3) is 0 Å². The van der Waals surface area contributed by atoms with Crippen LogP contribution in [0.15, 0.2) is 47.2 Å². The van der Waals surface area contributed by atoms with E-state index < -0.39 is 23.7 Å². The molecule has 1 aromatic carbocycles. The second kappa shape index (κ2) is 8.07. The summed E-state index contributed by atoms with van der Waals surface area (Å²) in [4.78, 5) is 15.9. The van der Waals surface area contributed by atoms with Crippen LogP contribution >= 0.6 is 15.9 Å². The minimum Gasteiger partial charge on any atom is -0.481 e. The van der Waals surface area contributed by atoms with Crippen molar-refractivity contribution in [3.05, 3.63) is 63.9 Å². The number of nitriles is 1. The molecule has 0 aliphatic heterocycles. The van der Waals surface area contributed by atoms with Gasteiger partial charge >= 0.3 is 5.97 Å². The number of halogens is 1. The smallest absolute Gasteiger partial charge is 0.307 e. The molecule has 1 N–H and O–H groups in total. The summed E-state index contributed by atoms with van der Waals surface area (Å²) in [5.41, 5.74) is 2.60. The van der Waals surface area contributed by atoms with Crippen LogP contribution in [0.5, 0.6) is 0 Å². The molecule has 0 saturated heterocycles. The first-order valence-electron chi connectivity index (χ1n) is 7.78. The second-order valence-corrected chi connectivity index (χ2v) is 6.69. The number of nitrogens with zero attached hydrogens (tertiary/aromatic N) is 2. The van der Waals surface area contributed by atoms with Crippen LogP contribution in [0.4, 0.5) is 0 Å². The van der Waals surface area contributed by atoms with Crippen molar-refractivity contribution in [2.24, 2.45) is 5.92 Å². The third-order valence-corrected chi connectivity index (χ3v) is 4.82. The van der Waals surface area contributed by atoms with Crippen LogP contribution in [-0.2, 0) is 4.79 Å². The Morgan fingerprint density at radius 1 is 1.42 bits per heavy atom. The van der Waals surface area contributed by atoms with Crippen LogP contribution in [-0.4, -0.2) is 16.1 Å². The Balaban J connectivity index is 2.59. The summed E-state index contributed by atoms with van der Waals surface area (Å²) in [5, 5.41) is 19.5. The Labute approximate surface area is 150 Å². The van der Waals surface area contributed by atoms with E-state index in [1.165, 1.54) is 0 Å². The zero-order valence-electron chi connectivity index (χ0n) is 13.6. The quantitative estimate of drug-likeness (QED) is 0.783. The van der Waals surface area contributed by atoms with Gasteiger partial charge in [0.15, 0.2) is 0 Å². The number of hydrogen-bond donors (Lipinski definition) is 1. The van der Waals surface area contributed by atoms with Gasteiger partial charge in [0, 0.05) is 22.8 Å². The summed E-state index contributed by atoms with van der Waals surface area (Å²) in [7, 11) is 0. The second-order valence-electron chi connectivity index (χ2n) is 5.77. The summed E-state index contributed by atoms with van der Waals surface area (Å²) in [6.45, 7) is 3.78. The predicted molar refractivity (Wildman–Crippen MR) is 95.6 cm³/mol. The third-order valence-electron chi connectivity index (χ3n) is 4.32. The molecule has 0 saturated carbocycles. The highest BCUT2D eigenvalue weighted by Gasteiger charge is 2.36. The average Bonchev–Trinajstić information content (AvgIpc) is 2.56. The molecule has 124 valence electrons. The van der Waals surface area contributed by atoms with Gasteiger partial charge in [-0.05, 0) is 48.2 Å². The van der Waals surface area contributed by atoms with Crippen LogP contribution in [0, 0.1) is 24.2 Å². The lowest BCUT2D eigenvalue weighted by molar-refractivity contribution is -0.142. The maximum absolute atomic E-state index is 11.8. The summed E-state index contributed by atoms with van der Waals surface area (Å²) in [6, 6.07) is 11.7. The standard InChI is InChI=1S/C19H19BrN2O2/c1-3-15(19(23)24)18(13-5-4-8-22-11-13)17(10-21)16-7-6-14(20)9-12(16)2/h4-9,11,15,17-18H,3H2,1-2H3,(H,23,24). The summed E-state index contributed by atoms with van der Waals surface area (Å²) in [6.07, 6.45) is 3.76. The number of hydrogen-bond acceptors (Lipinski definition) is 3. The number of aliphatic carboxylic acids is 1. The lowest BCUT2D eigenvalue weighted by atomic mass is 9.73. The zero-order valence-corrected chi connectivity index (χ0v) is 15.2. The lowest BCUT2D eigenvalue weighted by Crippen LogP contribution is -2.26. The van der Waals surface area contributed by atoms with Gasteiger partial charge in [0.1, 0.15) is 0 Å². The number of aromatic nitrogens is 1. The number of pyridine rings is 1. The highest BCUT2D eigenvalue weighted by Crippen LogP contribution is 2.41. The van der Waals surface area contributed by atoms with Crippen molar-refractivity contribution < 1.29 is 9.90 Å². The van der Waals surface area contributed by atoms with Crippen LogP contribution in [0.25, 0.3) is 0 Å². The summed E-state index contributed by atoms with van der Waals surface area (Å²) in [5.74, 6) is -2.54. The van der Waals surface area contributed by atoms with E-state index in [1.807, 2.05) is 38.1 Å². The SMILES string of the molecule is CCC(C(=O)O)C(c1cccnc1)C(C#N)c1ccc(Br)cc1C. The van der Waals surface area contributed by atoms with E-state index >= 15 is 0 Å². The Morgan fingerprint density at radius 2 is 2.17 bits per heavy atom. The molecule has 1 heterocycles. The first kappa shape index (κ1) is 18.2. The molecule has 0 spiro atoms. The monoisotopic (exact) mass is 386 g/mol. The first-order valence-corrected chi connectivity index (χ1v) is 8.57. The van der Waals surface area contributed by atoms with Gasteiger partial charge in [-0.25, -0.2) is 0 Å². The van der Waals surface area contributed by atoms with Crippen molar-refractivity contribution in [3.63, 3.8) is 0 Å². The highest BCUT2D eigenvalue weighted by atomic mass is 79.9. The highest BCUT2D eigenvalue weighted by molar-refractivity contribution is 9.10. The predicted octanol–water partition coefficient (Wildman–Crippen LogP) is 4.65. The van der Waals surface area contributed by atoms with E-state index in [2.05, 4.69) is 27.0 Å². The number of carboxylic acids is 1. The van der Waals surface area contributed by atoms with Crippen molar-refractivity contribution in [3.8, 4) is 6.07 Å². The molecule has 0 radical (unpaired) electrons. The largest absolute Gasteiger partial charge is 0.481 e. The molecule has 0 aliphatic rings. The molecule has 5 heteroatoms. The van der Waals surface area contributed by atoms with Crippen molar-refractivity contribution in [1.29, 1.82) is 5.26 Å². The molecule has 1 aromatic heterocycles. The van der Waals surface area contributed by atoms with E-state index in [4.69, 9.17) is 0 Å². The Kier molecular flexibility index (Phi) is 6.10. The van der Waals surface area contributed by atoms with E-state index in [0.29, 0.717) is 6.42 Å². The lowest BCUT2D eigenvalue weighted by Gasteiger charge is -2.28. The number of benzene rings is 1. The fraction of sp³-hybridized carbons (Fsp3) is 0.316. The Bertz CT molecular complexity index is 756. The van der Waals surface area contributed by atoms with Crippen molar-refractivity contribution in [2.75, 3.05) is 0 Å². The van der Waals surface area contributed by atoms with E-state index in [1.54, 1.807) is 18.5 Å². The number of rotatable bonds is 6. The maximum atomic E-state index is 11.8. The molecule has 3 atom stereocenters. The molecule has 0 fully saturated rings. The van der Waals surface area contributed by atoms with Crippen LogP contribution in [0.2, 0.25) is 0 Å². The molecular formula is C19H19BrN2O2. The van der Waals surface area contributed by atoms with E-state index in [9.17, 15) is 15.2 Å². The Morgan fingerprint density at radius 3 is 2.67 bits per heavy atom. The number of aryl methyl sites for hydroxylation is 1. The van der Waals surface area contributed by atoms with Crippen molar-refractivity contribution in [2.45, 2.75) is 32.1 Å². The van der Waals surface area contributed by atoms with Crippen molar-refractivity contribution >= 4 is 21.9 Å². The minimum absolute atomic E-state index is 0.447. The van der Waals surface area contributed by atoms with Gasteiger partial charge in [-0.3, -0.25) is 9.78 Å². The number of carboxylic acid groups (broad SMARTS) is 1. The fourth-order valence-electron chi connectivity index (χ4n) is 3.14. The molecule has 0 amide bonds. The Hall–Kier alpha value is -2.19. The maximum Gasteiger partial charge on any atom is 0.307 e. The van der Waals surface area contributed by atoms with Gasteiger partial charge in [0.05, 0.1) is 17.9 Å². The van der Waals surface area contributed by atoms with Gasteiger partial charge in [-0.15, -0.1) is 0 Å². The van der Waals surface area contributed by atoms with Gasteiger partial charge in [-0.2, -0.15) is 5.26 Å². The molecule has 0 aliphatic carbocycles. The molecule has 24 heavy (non-hydrogen) atoms. The molecule has 4 nitrogen and oxygen atoms in total. The average molecular weight is 387 g/mol.